The van der Waals surface area contributed by atoms with Crippen LogP contribution in [-0.2, 0) is 19.1 Å². The van der Waals surface area contributed by atoms with Crippen molar-refractivity contribution in [2.45, 2.75) is 154 Å². The van der Waals surface area contributed by atoms with Crippen molar-refractivity contribution < 1.29 is 19.1 Å². The van der Waals surface area contributed by atoms with Gasteiger partial charge in [0.05, 0.1) is 13.2 Å². The third kappa shape index (κ3) is 24.7. The summed E-state index contributed by atoms with van der Waals surface area (Å²) in [7, 11) is 0. The Morgan fingerprint density at radius 2 is 0.657 bits per heavy atom. The summed E-state index contributed by atoms with van der Waals surface area (Å²) in [5.41, 5.74) is 0. The summed E-state index contributed by atoms with van der Waals surface area (Å²) < 4.78 is 10.8. The lowest BCUT2D eigenvalue weighted by atomic mass is 10.0. The lowest BCUT2D eigenvalue weighted by Gasteiger charge is -2.06. The van der Waals surface area contributed by atoms with E-state index in [0.29, 0.717) is 26.1 Å². The van der Waals surface area contributed by atoms with Crippen LogP contribution in [0.2, 0.25) is 0 Å². The Kier molecular flexibility index (Phi) is 24.3. The smallest absolute Gasteiger partial charge is 0.305 e. The van der Waals surface area contributed by atoms with E-state index in [1.54, 1.807) is 0 Å². The third-order valence-corrected chi connectivity index (χ3v) is 8.06. The number of carbonyl (C=O) groups excluding carboxylic acids is 2. The lowest BCUT2D eigenvalue weighted by Crippen LogP contribution is -2.06. The second-order valence-corrected chi connectivity index (χ2v) is 11.6. The van der Waals surface area contributed by atoms with Gasteiger partial charge in [0, 0.05) is 12.8 Å². The van der Waals surface area contributed by atoms with Gasteiger partial charge in [-0.1, -0.05) is 103 Å². The van der Waals surface area contributed by atoms with Crippen molar-refractivity contribution >= 4 is 23.7 Å². The zero-order valence-corrected chi connectivity index (χ0v) is 23.7. The second-order valence-electron chi connectivity index (χ2n) is 10.3. The average molecular weight is 513 g/mol. The van der Waals surface area contributed by atoms with Crippen LogP contribution in [0.1, 0.15) is 154 Å². The quantitative estimate of drug-likeness (QED) is 0.303. The Labute approximate surface area is 221 Å². The van der Waals surface area contributed by atoms with Crippen molar-refractivity contribution in [3.8, 4) is 0 Å². The highest BCUT2D eigenvalue weighted by Crippen LogP contribution is 2.15. The zero-order valence-electron chi connectivity index (χ0n) is 22.8. The molecule has 0 aromatic rings. The second kappa shape index (κ2) is 26.4. The van der Waals surface area contributed by atoms with Crippen LogP contribution in [0.15, 0.2) is 0 Å². The average Bonchev–Trinajstić information content (AvgIpc) is 2.85. The summed E-state index contributed by atoms with van der Waals surface area (Å²) in [6, 6.07) is 0. The number of cyclic esters (lactones) is 2. The van der Waals surface area contributed by atoms with Gasteiger partial charge in [-0.2, -0.15) is 11.8 Å². The highest BCUT2D eigenvalue weighted by molar-refractivity contribution is 7.99. The molecule has 0 bridgehead atoms. The van der Waals surface area contributed by atoms with Gasteiger partial charge in [-0.05, 0) is 50.0 Å². The monoisotopic (exact) mass is 512 g/mol. The molecule has 206 valence electrons. The normalized spacial score (nSPS) is 23.0. The first-order valence-electron chi connectivity index (χ1n) is 15.2. The van der Waals surface area contributed by atoms with Crippen LogP contribution < -0.4 is 0 Å². The minimum absolute atomic E-state index is 0.0323. The van der Waals surface area contributed by atoms with Gasteiger partial charge in [-0.25, -0.2) is 0 Å². The van der Waals surface area contributed by atoms with E-state index in [0.717, 1.165) is 50.0 Å². The van der Waals surface area contributed by atoms with Crippen molar-refractivity contribution in [1.82, 2.24) is 0 Å². The van der Waals surface area contributed by atoms with E-state index in [4.69, 9.17) is 9.47 Å². The maximum absolute atomic E-state index is 11.8. The molecular formula is C30H56O4S. The molecule has 0 amide bonds. The molecule has 4 nitrogen and oxygen atoms in total. The van der Waals surface area contributed by atoms with Gasteiger partial charge in [-0.15, -0.1) is 0 Å². The molecule has 0 atom stereocenters. The largest absolute Gasteiger partial charge is 0.466 e. The van der Waals surface area contributed by atoms with Gasteiger partial charge in [-0.3, -0.25) is 9.59 Å². The van der Waals surface area contributed by atoms with Crippen molar-refractivity contribution in [3.63, 3.8) is 0 Å². The van der Waals surface area contributed by atoms with E-state index in [9.17, 15) is 9.59 Å². The predicted molar refractivity (Wildman–Crippen MR) is 150 cm³/mol. The lowest BCUT2D eigenvalue weighted by molar-refractivity contribution is -0.144. The highest BCUT2D eigenvalue weighted by Gasteiger charge is 2.04. The van der Waals surface area contributed by atoms with Crippen LogP contribution in [0.25, 0.3) is 0 Å². The fraction of sp³-hybridized carbons (Fsp3) is 0.933. The minimum Gasteiger partial charge on any atom is -0.466 e. The number of rotatable bonds is 0. The van der Waals surface area contributed by atoms with Crippen molar-refractivity contribution in [3.05, 3.63) is 0 Å². The number of thioether (sulfide) groups is 1. The van der Waals surface area contributed by atoms with Crippen LogP contribution in [0, 0.1) is 0 Å². The molecule has 1 saturated heterocycles. The number of esters is 2. The first-order valence-corrected chi connectivity index (χ1v) is 16.3. The van der Waals surface area contributed by atoms with Crippen molar-refractivity contribution in [2.24, 2.45) is 0 Å². The SMILES string of the molecule is O=C1CCCCSCCCCC(=O)OCCCCCCCCCCCCCCCCCCCCO1. The molecule has 0 saturated carbocycles. The summed E-state index contributed by atoms with van der Waals surface area (Å²) in [5, 5.41) is 0. The molecule has 0 spiro atoms. The number of ether oxygens (including phenoxy) is 2. The summed E-state index contributed by atoms with van der Waals surface area (Å²) in [6.07, 6.45) is 28.5. The third-order valence-electron chi connectivity index (χ3n) is 6.90. The van der Waals surface area contributed by atoms with Gasteiger partial charge in [0.15, 0.2) is 0 Å². The fourth-order valence-corrected chi connectivity index (χ4v) is 5.62. The van der Waals surface area contributed by atoms with Crippen molar-refractivity contribution in [2.75, 3.05) is 24.7 Å². The Bertz CT molecular complexity index is 441. The summed E-state index contributed by atoms with van der Waals surface area (Å²) in [5.74, 6) is 2.10. The molecule has 0 aromatic heterocycles. The molecule has 1 rings (SSSR count). The van der Waals surface area contributed by atoms with Crippen LogP contribution in [0.5, 0.6) is 0 Å². The molecule has 0 aromatic carbocycles. The Hall–Kier alpha value is -0.710. The van der Waals surface area contributed by atoms with Gasteiger partial charge < -0.3 is 9.47 Å². The summed E-state index contributed by atoms with van der Waals surface area (Å²) >= 11 is 1.92. The van der Waals surface area contributed by atoms with Gasteiger partial charge in [0.1, 0.15) is 0 Å². The molecule has 35 heavy (non-hydrogen) atoms. The Morgan fingerprint density at radius 3 is 0.971 bits per heavy atom. The number of hydrogen-bond acceptors (Lipinski definition) is 5. The van der Waals surface area contributed by atoms with Gasteiger partial charge >= 0.3 is 11.9 Å². The Morgan fingerprint density at radius 1 is 0.371 bits per heavy atom. The van der Waals surface area contributed by atoms with Crippen LogP contribution >= 0.6 is 11.8 Å². The molecule has 5 heteroatoms. The predicted octanol–water partition coefficient (Wildman–Crippen LogP) is 9.18. The fourth-order valence-electron chi connectivity index (χ4n) is 4.60. The molecule has 1 aliphatic rings. The van der Waals surface area contributed by atoms with E-state index in [1.165, 1.54) is 103 Å². The van der Waals surface area contributed by atoms with Crippen LogP contribution in [0.4, 0.5) is 0 Å². The summed E-state index contributed by atoms with van der Waals surface area (Å²) in [6.45, 7) is 1.19. The number of hydrogen-bond donors (Lipinski definition) is 0. The van der Waals surface area contributed by atoms with Gasteiger partial charge in [0.25, 0.3) is 0 Å². The minimum atomic E-state index is -0.0323. The zero-order chi connectivity index (χ0) is 25.1. The highest BCUT2D eigenvalue weighted by atomic mass is 32.2. The molecule has 1 aliphatic heterocycles. The molecule has 1 heterocycles. The molecule has 0 N–H and O–H groups in total. The van der Waals surface area contributed by atoms with E-state index >= 15 is 0 Å². The summed E-state index contributed by atoms with van der Waals surface area (Å²) in [4.78, 5) is 23.7. The van der Waals surface area contributed by atoms with Crippen molar-refractivity contribution in [1.29, 1.82) is 0 Å². The molecule has 1 fully saturated rings. The van der Waals surface area contributed by atoms with E-state index in [2.05, 4.69) is 0 Å². The van der Waals surface area contributed by atoms with Gasteiger partial charge in [0.2, 0.25) is 0 Å². The standard InChI is InChI=1S/C30H56O4S/c31-29-23-17-21-27-35-28-22-18-24-30(32)34-26-20-16-14-12-10-8-6-4-2-1-3-5-7-9-11-13-15-19-25-33-29/h1-28H2. The maximum Gasteiger partial charge on any atom is 0.305 e. The Balaban J connectivity index is 2.12. The first kappa shape index (κ1) is 32.3. The molecule has 0 aliphatic carbocycles. The van der Waals surface area contributed by atoms with E-state index in [-0.39, 0.29) is 11.9 Å². The van der Waals surface area contributed by atoms with Crippen LogP contribution in [0.3, 0.4) is 0 Å². The molecular weight excluding hydrogens is 456 g/mol. The van der Waals surface area contributed by atoms with E-state index < -0.39 is 0 Å². The topological polar surface area (TPSA) is 52.6 Å². The first-order chi connectivity index (χ1) is 17.3. The number of carbonyl (C=O) groups is 2. The van der Waals surface area contributed by atoms with Crippen LogP contribution in [-0.4, -0.2) is 36.7 Å². The van der Waals surface area contributed by atoms with E-state index in [1.807, 2.05) is 11.8 Å². The molecule has 0 radical (unpaired) electrons. The maximum atomic E-state index is 11.8. The molecule has 0 unspecified atom stereocenters.